The van der Waals surface area contributed by atoms with Gasteiger partial charge in [0, 0.05) is 13.1 Å². The van der Waals surface area contributed by atoms with Crippen LogP contribution in [0.25, 0.3) is 0 Å². The molecule has 0 aliphatic carbocycles. The summed E-state index contributed by atoms with van der Waals surface area (Å²) in [5, 5.41) is 10.8. The molecule has 18 heavy (non-hydrogen) atoms. The van der Waals surface area contributed by atoms with Gasteiger partial charge in [0.25, 0.3) is 0 Å². The van der Waals surface area contributed by atoms with Crippen LogP contribution in [0.3, 0.4) is 0 Å². The van der Waals surface area contributed by atoms with Crippen molar-refractivity contribution in [3.05, 3.63) is 6.33 Å². The van der Waals surface area contributed by atoms with Crippen LogP contribution in [0.4, 0.5) is 0 Å². The molecule has 1 aliphatic rings. The first-order valence-corrected chi connectivity index (χ1v) is 6.65. The molecule has 1 fully saturated rings. The molecule has 0 N–H and O–H groups in total. The summed E-state index contributed by atoms with van der Waals surface area (Å²) >= 11 is 0. The Bertz CT molecular complexity index is 376. The predicted molar refractivity (Wildman–Crippen MR) is 66.6 cm³/mol. The van der Waals surface area contributed by atoms with Gasteiger partial charge in [0.2, 0.25) is 5.91 Å². The summed E-state index contributed by atoms with van der Waals surface area (Å²) in [7, 11) is 0. The van der Waals surface area contributed by atoms with Crippen LogP contribution in [0.5, 0.6) is 0 Å². The molecule has 6 heteroatoms. The second kappa shape index (κ2) is 5.93. The Balaban J connectivity index is 1.87. The Hall–Kier alpha value is -1.46. The maximum atomic E-state index is 12.1. The maximum absolute atomic E-state index is 12.1. The van der Waals surface area contributed by atoms with E-state index in [1.807, 2.05) is 4.90 Å². The fourth-order valence-corrected chi connectivity index (χ4v) is 2.53. The summed E-state index contributed by atoms with van der Waals surface area (Å²) < 4.78 is 1.48. The third-order valence-corrected chi connectivity index (χ3v) is 3.76. The zero-order valence-electron chi connectivity index (χ0n) is 11.1. The van der Waals surface area contributed by atoms with Gasteiger partial charge in [-0.25, -0.2) is 4.68 Å². The molecule has 6 nitrogen and oxygen atoms in total. The van der Waals surface area contributed by atoms with Gasteiger partial charge in [0.05, 0.1) is 0 Å². The Morgan fingerprint density at radius 1 is 1.39 bits per heavy atom. The first-order chi connectivity index (χ1) is 8.66. The van der Waals surface area contributed by atoms with Gasteiger partial charge in [0.1, 0.15) is 12.9 Å². The Labute approximate surface area is 107 Å². The number of amides is 1. The van der Waals surface area contributed by atoms with Gasteiger partial charge in [-0.15, -0.1) is 5.10 Å². The van der Waals surface area contributed by atoms with Crippen molar-refractivity contribution in [2.75, 3.05) is 13.1 Å². The number of carbonyl (C=O) groups excluding carboxylic acids is 1. The quantitative estimate of drug-likeness (QED) is 0.802. The minimum absolute atomic E-state index is 0.117. The van der Waals surface area contributed by atoms with Crippen molar-refractivity contribution in [1.29, 1.82) is 0 Å². The van der Waals surface area contributed by atoms with E-state index in [2.05, 4.69) is 29.4 Å². The van der Waals surface area contributed by atoms with Gasteiger partial charge >= 0.3 is 0 Å². The fourth-order valence-electron chi connectivity index (χ4n) is 2.53. The Morgan fingerprint density at radius 3 is 2.89 bits per heavy atom. The average Bonchev–Trinajstić information content (AvgIpc) is 2.70. The van der Waals surface area contributed by atoms with E-state index < -0.39 is 0 Å². The topological polar surface area (TPSA) is 63.9 Å². The van der Waals surface area contributed by atoms with Crippen LogP contribution < -0.4 is 0 Å². The Kier molecular flexibility index (Phi) is 4.28. The highest BCUT2D eigenvalue weighted by Gasteiger charge is 2.22. The number of hydrogen-bond donors (Lipinski definition) is 0. The van der Waals surface area contributed by atoms with Gasteiger partial charge < -0.3 is 4.90 Å². The van der Waals surface area contributed by atoms with E-state index in [1.165, 1.54) is 17.4 Å². The average molecular weight is 251 g/mol. The van der Waals surface area contributed by atoms with E-state index in [0.29, 0.717) is 5.92 Å². The van der Waals surface area contributed by atoms with Crippen LogP contribution in [-0.2, 0) is 11.3 Å². The van der Waals surface area contributed by atoms with Gasteiger partial charge in [-0.1, -0.05) is 13.8 Å². The molecule has 100 valence electrons. The van der Waals surface area contributed by atoms with E-state index in [0.717, 1.165) is 31.8 Å². The minimum Gasteiger partial charge on any atom is -0.341 e. The molecule has 2 heterocycles. The number of tetrazole rings is 1. The van der Waals surface area contributed by atoms with Crippen LogP contribution in [-0.4, -0.2) is 44.1 Å². The number of hydrogen-bond acceptors (Lipinski definition) is 4. The van der Waals surface area contributed by atoms with Crippen molar-refractivity contribution in [3.63, 3.8) is 0 Å². The number of nitrogens with zero attached hydrogens (tertiary/aromatic N) is 5. The molecular weight excluding hydrogens is 230 g/mol. The van der Waals surface area contributed by atoms with Crippen molar-refractivity contribution in [2.45, 2.75) is 39.7 Å². The molecule has 0 saturated carbocycles. The van der Waals surface area contributed by atoms with Crippen molar-refractivity contribution in [1.82, 2.24) is 25.1 Å². The molecule has 1 aromatic heterocycles. The normalized spacial score (nSPS) is 21.1. The highest BCUT2D eigenvalue weighted by atomic mass is 16.2. The lowest BCUT2D eigenvalue weighted by atomic mass is 9.89. The summed E-state index contributed by atoms with van der Waals surface area (Å²) in [6.07, 6.45) is 4.92. The first-order valence-electron chi connectivity index (χ1n) is 6.65. The third-order valence-electron chi connectivity index (χ3n) is 3.76. The number of aromatic nitrogens is 4. The second-order valence-corrected chi connectivity index (χ2v) is 5.32. The summed E-state index contributed by atoms with van der Waals surface area (Å²) in [4.78, 5) is 14.1. The molecular formula is C12H21N5O. The van der Waals surface area contributed by atoms with E-state index in [-0.39, 0.29) is 12.5 Å². The monoisotopic (exact) mass is 251 g/mol. The van der Waals surface area contributed by atoms with E-state index in [9.17, 15) is 4.79 Å². The molecule has 0 aromatic carbocycles. The van der Waals surface area contributed by atoms with Crippen LogP contribution >= 0.6 is 0 Å². The molecule has 0 radical (unpaired) electrons. The fraction of sp³-hybridized carbons (Fsp3) is 0.833. The van der Waals surface area contributed by atoms with Crippen LogP contribution in [0, 0.1) is 11.8 Å². The molecule has 2 rings (SSSR count). The second-order valence-electron chi connectivity index (χ2n) is 5.32. The minimum atomic E-state index is 0.117. The van der Waals surface area contributed by atoms with Gasteiger partial charge in [-0.3, -0.25) is 4.79 Å². The standard InChI is InChI=1S/C12H21N5O/c1-10(2)11-4-3-6-16(7-5-11)12(18)8-17-9-13-14-15-17/h9-11H,3-8H2,1-2H3. The van der Waals surface area contributed by atoms with E-state index >= 15 is 0 Å². The maximum Gasteiger partial charge on any atom is 0.244 e. The molecule has 1 saturated heterocycles. The number of carbonyl (C=O) groups is 1. The summed E-state index contributed by atoms with van der Waals surface area (Å²) in [6.45, 7) is 6.51. The van der Waals surface area contributed by atoms with Gasteiger partial charge in [0.15, 0.2) is 0 Å². The number of rotatable bonds is 3. The van der Waals surface area contributed by atoms with E-state index in [1.54, 1.807) is 0 Å². The van der Waals surface area contributed by atoms with Crippen LogP contribution in [0.2, 0.25) is 0 Å². The molecule has 1 aliphatic heterocycles. The molecule has 0 spiro atoms. The van der Waals surface area contributed by atoms with E-state index in [4.69, 9.17) is 0 Å². The lowest BCUT2D eigenvalue weighted by molar-refractivity contribution is -0.132. The Morgan fingerprint density at radius 2 is 2.22 bits per heavy atom. The van der Waals surface area contributed by atoms with Crippen LogP contribution in [0.1, 0.15) is 33.1 Å². The van der Waals surface area contributed by atoms with Gasteiger partial charge in [-0.05, 0) is 41.5 Å². The highest BCUT2D eigenvalue weighted by molar-refractivity contribution is 5.75. The highest BCUT2D eigenvalue weighted by Crippen LogP contribution is 2.24. The van der Waals surface area contributed by atoms with Crippen molar-refractivity contribution >= 4 is 5.91 Å². The van der Waals surface area contributed by atoms with Crippen molar-refractivity contribution in [2.24, 2.45) is 11.8 Å². The molecule has 1 atom stereocenters. The zero-order valence-corrected chi connectivity index (χ0v) is 11.1. The third kappa shape index (κ3) is 3.27. The van der Waals surface area contributed by atoms with Crippen LogP contribution in [0.15, 0.2) is 6.33 Å². The molecule has 1 aromatic rings. The molecule has 1 unspecified atom stereocenters. The largest absolute Gasteiger partial charge is 0.341 e. The lowest BCUT2D eigenvalue weighted by Crippen LogP contribution is -2.35. The van der Waals surface area contributed by atoms with Crippen molar-refractivity contribution in [3.8, 4) is 0 Å². The van der Waals surface area contributed by atoms with Crippen molar-refractivity contribution < 1.29 is 4.79 Å². The summed E-state index contributed by atoms with van der Waals surface area (Å²) in [5.74, 6) is 1.57. The summed E-state index contributed by atoms with van der Waals surface area (Å²) in [6, 6.07) is 0. The molecule has 1 amide bonds. The zero-order chi connectivity index (χ0) is 13.0. The SMILES string of the molecule is CC(C)C1CCCN(C(=O)Cn2cnnn2)CC1. The predicted octanol–water partition coefficient (Wildman–Crippen LogP) is 0.958. The number of likely N-dealkylation sites (tertiary alicyclic amines) is 1. The summed E-state index contributed by atoms with van der Waals surface area (Å²) in [5.41, 5.74) is 0. The smallest absolute Gasteiger partial charge is 0.244 e. The first kappa shape index (κ1) is 13.0. The lowest BCUT2D eigenvalue weighted by Gasteiger charge is -2.21. The molecule has 0 bridgehead atoms. The van der Waals surface area contributed by atoms with Gasteiger partial charge in [-0.2, -0.15) is 0 Å².